The van der Waals surface area contributed by atoms with Crippen molar-refractivity contribution in [2.75, 3.05) is 13.1 Å². The predicted molar refractivity (Wildman–Crippen MR) is 85.5 cm³/mol. The monoisotopic (exact) mass is 334 g/mol. The van der Waals surface area contributed by atoms with Gasteiger partial charge in [0, 0.05) is 24.6 Å². The number of carbonyl (C=O) groups excluding carboxylic acids is 2. The van der Waals surface area contributed by atoms with E-state index in [0.29, 0.717) is 18.5 Å². The van der Waals surface area contributed by atoms with Gasteiger partial charge in [0.1, 0.15) is 6.54 Å². The Morgan fingerprint density at radius 3 is 2.96 bits per heavy atom. The molecule has 0 bridgehead atoms. The first-order valence-corrected chi connectivity index (χ1v) is 7.54. The summed E-state index contributed by atoms with van der Waals surface area (Å²) in [4.78, 5) is 35.1. The Bertz CT molecular complexity index is 674. The molecule has 9 heteroatoms. The Hall–Kier alpha value is -2.97. The largest absolute Gasteiger partial charge is 0.502 e. The first-order chi connectivity index (χ1) is 11.5. The molecule has 0 atom stereocenters. The van der Waals surface area contributed by atoms with Crippen molar-refractivity contribution in [3.05, 3.63) is 33.9 Å². The van der Waals surface area contributed by atoms with Crippen LogP contribution in [0.5, 0.6) is 5.75 Å². The molecule has 1 heterocycles. The van der Waals surface area contributed by atoms with E-state index in [0.717, 1.165) is 25.3 Å². The van der Waals surface area contributed by atoms with Crippen molar-refractivity contribution >= 4 is 23.7 Å². The minimum atomic E-state index is -0.712. The Kier molecular flexibility index (Phi) is 5.83. The summed E-state index contributed by atoms with van der Waals surface area (Å²) in [6.45, 7) is 0.492. The van der Waals surface area contributed by atoms with Crippen LogP contribution in [-0.2, 0) is 9.59 Å². The van der Waals surface area contributed by atoms with Gasteiger partial charge < -0.3 is 10.0 Å². The highest BCUT2D eigenvalue weighted by Gasteiger charge is 2.19. The Morgan fingerprint density at radius 2 is 2.21 bits per heavy atom. The molecule has 2 amide bonds. The SMILES string of the molecule is O=C(CN1CCCCCC1=O)N/N=C\c1ccc(O)c([N+](=O)[O-])c1. The molecule has 1 aliphatic heterocycles. The average molecular weight is 334 g/mol. The molecule has 1 aliphatic rings. The molecule has 24 heavy (non-hydrogen) atoms. The number of rotatable bonds is 5. The van der Waals surface area contributed by atoms with E-state index < -0.39 is 22.3 Å². The van der Waals surface area contributed by atoms with Crippen LogP contribution in [0.1, 0.15) is 31.2 Å². The number of phenols is 1. The summed E-state index contributed by atoms with van der Waals surface area (Å²) >= 11 is 0. The van der Waals surface area contributed by atoms with Gasteiger partial charge in [-0.15, -0.1) is 0 Å². The van der Waals surface area contributed by atoms with Crippen molar-refractivity contribution in [2.24, 2.45) is 5.10 Å². The summed E-state index contributed by atoms with van der Waals surface area (Å²) in [6, 6.07) is 3.75. The van der Waals surface area contributed by atoms with Crippen LogP contribution >= 0.6 is 0 Å². The number of hydrogen-bond acceptors (Lipinski definition) is 6. The lowest BCUT2D eigenvalue weighted by atomic mass is 10.2. The topological polar surface area (TPSA) is 125 Å². The Balaban J connectivity index is 1.91. The maximum Gasteiger partial charge on any atom is 0.311 e. The fraction of sp³-hybridized carbons (Fsp3) is 0.400. The van der Waals surface area contributed by atoms with Crippen LogP contribution in [0.4, 0.5) is 5.69 Å². The van der Waals surface area contributed by atoms with Crippen molar-refractivity contribution in [1.29, 1.82) is 0 Å². The van der Waals surface area contributed by atoms with E-state index in [2.05, 4.69) is 10.5 Å². The number of nitro groups is 1. The minimum absolute atomic E-state index is 0.0409. The number of hydrazone groups is 1. The molecule has 0 aliphatic carbocycles. The number of nitrogens with zero attached hydrogens (tertiary/aromatic N) is 3. The van der Waals surface area contributed by atoms with Gasteiger partial charge in [-0.2, -0.15) is 5.10 Å². The van der Waals surface area contributed by atoms with Crippen molar-refractivity contribution in [3.8, 4) is 5.75 Å². The van der Waals surface area contributed by atoms with Gasteiger partial charge in [0.25, 0.3) is 5.91 Å². The molecule has 0 saturated carbocycles. The molecular weight excluding hydrogens is 316 g/mol. The summed E-state index contributed by atoms with van der Waals surface area (Å²) < 4.78 is 0. The van der Waals surface area contributed by atoms with Gasteiger partial charge in [-0.25, -0.2) is 5.43 Å². The highest BCUT2D eigenvalue weighted by molar-refractivity contribution is 5.86. The molecule has 9 nitrogen and oxygen atoms in total. The molecular formula is C15H18N4O5. The molecule has 0 unspecified atom stereocenters. The van der Waals surface area contributed by atoms with E-state index in [1.165, 1.54) is 23.2 Å². The molecule has 2 rings (SSSR count). The van der Waals surface area contributed by atoms with Gasteiger partial charge in [-0.3, -0.25) is 19.7 Å². The third-order valence-corrected chi connectivity index (χ3v) is 3.60. The van der Waals surface area contributed by atoms with Gasteiger partial charge in [0.05, 0.1) is 11.1 Å². The Morgan fingerprint density at radius 1 is 1.42 bits per heavy atom. The number of hydrogen-bond donors (Lipinski definition) is 2. The number of phenolic OH excluding ortho intramolecular Hbond substituents is 1. The van der Waals surface area contributed by atoms with Crippen LogP contribution in [0.2, 0.25) is 0 Å². The fourth-order valence-electron chi connectivity index (χ4n) is 2.36. The van der Waals surface area contributed by atoms with Crippen LogP contribution in [0.15, 0.2) is 23.3 Å². The lowest BCUT2D eigenvalue weighted by molar-refractivity contribution is -0.385. The molecule has 128 valence electrons. The van der Waals surface area contributed by atoms with Crippen molar-refractivity contribution in [1.82, 2.24) is 10.3 Å². The number of amides is 2. The van der Waals surface area contributed by atoms with Crippen LogP contribution < -0.4 is 5.43 Å². The van der Waals surface area contributed by atoms with Gasteiger partial charge in [0.2, 0.25) is 5.91 Å². The van der Waals surface area contributed by atoms with Crippen molar-refractivity contribution in [2.45, 2.75) is 25.7 Å². The van der Waals surface area contributed by atoms with Gasteiger partial charge in [0.15, 0.2) is 5.75 Å². The first-order valence-electron chi connectivity index (χ1n) is 7.54. The standard InChI is InChI=1S/C15H18N4O5/c20-13-6-5-11(8-12(13)19(23)24)9-16-17-14(21)10-18-7-3-1-2-4-15(18)22/h5-6,8-9,20H,1-4,7,10H2,(H,17,21)/b16-9-. The number of nitro benzene ring substituents is 1. The molecule has 1 aromatic carbocycles. The lowest BCUT2D eigenvalue weighted by Crippen LogP contribution is -2.39. The highest BCUT2D eigenvalue weighted by Crippen LogP contribution is 2.25. The molecule has 1 aromatic rings. The van der Waals surface area contributed by atoms with Crippen LogP contribution in [-0.4, -0.2) is 46.0 Å². The number of carbonyl (C=O) groups is 2. The van der Waals surface area contributed by atoms with E-state index in [9.17, 15) is 24.8 Å². The van der Waals surface area contributed by atoms with E-state index in [-0.39, 0.29) is 12.5 Å². The molecule has 2 N–H and O–H groups in total. The highest BCUT2D eigenvalue weighted by atomic mass is 16.6. The van der Waals surface area contributed by atoms with Crippen LogP contribution in [0.3, 0.4) is 0 Å². The van der Waals surface area contributed by atoms with Crippen molar-refractivity contribution < 1.29 is 19.6 Å². The maximum absolute atomic E-state index is 11.8. The lowest BCUT2D eigenvalue weighted by Gasteiger charge is -2.18. The second-order valence-corrected chi connectivity index (χ2v) is 5.42. The van der Waals surface area contributed by atoms with E-state index in [4.69, 9.17) is 0 Å². The fourth-order valence-corrected chi connectivity index (χ4v) is 2.36. The summed E-state index contributed by atoms with van der Waals surface area (Å²) in [5.41, 5.74) is 2.20. The van der Waals surface area contributed by atoms with Gasteiger partial charge >= 0.3 is 5.69 Å². The molecule has 0 radical (unpaired) electrons. The quantitative estimate of drug-likeness (QED) is 0.475. The second kappa shape index (κ2) is 8.04. The average Bonchev–Trinajstić information content (AvgIpc) is 2.73. The van der Waals surface area contributed by atoms with Crippen LogP contribution in [0, 0.1) is 10.1 Å². The zero-order chi connectivity index (χ0) is 17.5. The van der Waals surface area contributed by atoms with Crippen LogP contribution in [0.25, 0.3) is 0 Å². The number of likely N-dealkylation sites (tertiary alicyclic amines) is 1. The smallest absolute Gasteiger partial charge is 0.311 e. The molecule has 0 aromatic heterocycles. The third kappa shape index (κ3) is 4.77. The first kappa shape index (κ1) is 17.4. The van der Waals surface area contributed by atoms with E-state index in [1.54, 1.807) is 0 Å². The zero-order valence-corrected chi connectivity index (χ0v) is 13.0. The van der Waals surface area contributed by atoms with E-state index in [1.807, 2.05) is 0 Å². The summed E-state index contributed by atoms with van der Waals surface area (Å²) in [5, 5.41) is 23.8. The summed E-state index contributed by atoms with van der Waals surface area (Å²) in [6.07, 6.45) is 4.37. The van der Waals surface area contributed by atoms with Gasteiger partial charge in [-0.05, 0) is 25.0 Å². The molecule has 0 spiro atoms. The second-order valence-electron chi connectivity index (χ2n) is 5.42. The summed E-state index contributed by atoms with van der Waals surface area (Å²) in [5.74, 6) is -0.920. The molecule has 1 fully saturated rings. The number of benzene rings is 1. The molecule has 1 saturated heterocycles. The van der Waals surface area contributed by atoms with Crippen molar-refractivity contribution in [3.63, 3.8) is 0 Å². The zero-order valence-electron chi connectivity index (χ0n) is 13.0. The third-order valence-electron chi connectivity index (χ3n) is 3.60. The Labute approximate surface area is 138 Å². The maximum atomic E-state index is 11.8. The predicted octanol–water partition coefficient (Wildman–Crippen LogP) is 1.15. The minimum Gasteiger partial charge on any atom is -0.502 e. The number of nitrogens with one attached hydrogen (secondary N) is 1. The van der Waals surface area contributed by atoms with Gasteiger partial charge in [-0.1, -0.05) is 6.42 Å². The number of aromatic hydroxyl groups is 1. The van der Waals surface area contributed by atoms with E-state index >= 15 is 0 Å². The normalized spacial score (nSPS) is 15.3. The summed E-state index contributed by atoms with van der Waals surface area (Å²) in [7, 11) is 0.